The lowest BCUT2D eigenvalue weighted by molar-refractivity contribution is -0.384. The number of benzene rings is 3. The third kappa shape index (κ3) is 4.84. The van der Waals surface area contributed by atoms with Gasteiger partial charge in [-0.05, 0) is 42.7 Å². The van der Waals surface area contributed by atoms with Crippen molar-refractivity contribution in [3.63, 3.8) is 0 Å². The lowest BCUT2D eigenvalue weighted by Crippen LogP contribution is -2.14. The Morgan fingerprint density at radius 3 is 2.56 bits per heavy atom. The highest BCUT2D eigenvalue weighted by molar-refractivity contribution is 8.00. The minimum Gasteiger partial charge on any atom is -0.342 e. The van der Waals surface area contributed by atoms with E-state index in [0.717, 1.165) is 38.2 Å². The van der Waals surface area contributed by atoms with Gasteiger partial charge in [-0.2, -0.15) is 0 Å². The van der Waals surface area contributed by atoms with Crippen LogP contribution in [0.5, 0.6) is 0 Å². The molecule has 0 aliphatic heterocycles. The number of aromatic nitrogens is 1. The number of amides is 1. The zero-order valence-electron chi connectivity index (χ0n) is 17.9. The van der Waals surface area contributed by atoms with Crippen molar-refractivity contribution in [1.82, 2.24) is 4.57 Å². The van der Waals surface area contributed by atoms with Crippen LogP contribution in [0.15, 0.2) is 77.8 Å². The van der Waals surface area contributed by atoms with Crippen LogP contribution in [0.4, 0.5) is 11.4 Å². The summed E-state index contributed by atoms with van der Waals surface area (Å²) in [5.41, 5.74) is 5.10. The molecule has 0 radical (unpaired) electrons. The third-order valence-corrected chi connectivity index (χ3v) is 6.32. The van der Waals surface area contributed by atoms with Crippen molar-refractivity contribution < 1.29 is 9.72 Å². The van der Waals surface area contributed by atoms with E-state index < -0.39 is 4.92 Å². The van der Waals surface area contributed by atoms with Gasteiger partial charge >= 0.3 is 0 Å². The number of hydrogen-bond donors (Lipinski definition) is 1. The van der Waals surface area contributed by atoms with Crippen molar-refractivity contribution >= 4 is 39.9 Å². The van der Waals surface area contributed by atoms with Crippen molar-refractivity contribution in [2.24, 2.45) is 0 Å². The molecule has 4 aromatic rings. The number of hydrogen-bond acceptors (Lipinski definition) is 4. The zero-order chi connectivity index (χ0) is 22.7. The average Bonchev–Trinajstić information content (AvgIpc) is 3.13. The maximum absolute atomic E-state index is 12.6. The van der Waals surface area contributed by atoms with Crippen molar-refractivity contribution in [3.05, 3.63) is 99.7 Å². The summed E-state index contributed by atoms with van der Waals surface area (Å²) in [6.07, 6.45) is 2.04. The predicted molar refractivity (Wildman–Crippen MR) is 129 cm³/mol. The van der Waals surface area contributed by atoms with Crippen LogP contribution in [0.25, 0.3) is 10.9 Å². The van der Waals surface area contributed by atoms with Crippen molar-refractivity contribution in [1.29, 1.82) is 0 Å². The number of rotatable bonds is 7. The smallest absolute Gasteiger partial charge is 0.269 e. The maximum Gasteiger partial charge on any atom is 0.269 e. The molecule has 1 aromatic heterocycles. The van der Waals surface area contributed by atoms with E-state index in [9.17, 15) is 14.9 Å². The van der Waals surface area contributed by atoms with Crippen molar-refractivity contribution in [2.45, 2.75) is 25.3 Å². The number of para-hydroxylation sites is 1. The van der Waals surface area contributed by atoms with Crippen molar-refractivity contribution in [2.75, 3.05) is 11.1 Å². The lowest BCUT2D eigenvalue weighted by Gasteiger charge is -2.09. The van der Waals surface area contributed by atoms with E-state index in [-0.39, 0.29) is 11.6 Å². The molecule has 0 atom stereocenters. The number of nitro benzene ring substituents is 1. The fourth-order valence-electron chi connectivity index (χ4n) is 3.58. The molecular formula is C25H23N3O3S. The fraction of sp³-hybridized carbons (Fsp3) is 0.160. The Morgan fingerprint density at radius 2 is 1.81 bits per heavy atom. The largest absolute Gasteiger partial charge is 0.342 e. The Morgan fingerprint density at radius 1 is 1.06 bits per heavy atom. The quantitative estimate of drug-likeness (QED) is 0.217. The van der Waals surface area contributed by atoms with Gasteiger partial charge in [-0.25, -0.2) is 0 Å². The van der Waals surface area contributed by atoms with Crippen LogP contribution in [0, 0.1) is 24.0 Å². The number of anilines is 1. The van der Waals surface area contributed by atoms with Gasteiger partial charge in [0.2, 0.25) is 5.91 Å². The van der Waals surface area contributed by atoms with Crippen LogP contribution in [-0.2, 0) is 11.3 Å². The van der Waals surface area contributed by atoms with Crippen LogP contribution in [-0.4, -0.2) is 21.2 Å². The molecule has 0 spiro atoms. The number of thioether (sulfide) groups is 1. The number of nitrogens with zero attached hydrogens (tertiary/aromatic N) is 2. The maximum atomic E-state index is 12.6. The van der Waals surface area contributed by atoms with Gasteiger partial charge in [-0.3, -0.25) is 14.9 Å². The highest BCUT2D eigenvalue weighted by Gasteiger charge is 2.13. The Kier molecular flexibility index (Phi) is 6.28. The summed E-state index contributed by atoms with van der Waals surface area (Å²) in [6, 6.07) is 20.7. The Balaban J connectivity index is 1.50. The first-order valence-electron chi connectivity index (χ1n) is 10.2. The second kappa shape index (κ2) is 9.28. The molecule has 1 N–H and O–H groups in total. The number of nitrogens with one attached hydrogen (secondary N) is 1. The van der Waals surface area contributed by atoms with Gasteiger partial charge in [-0.15, -0.1) is 11.8 Å². The SMILES string of the molecule is Cc1ccc(C)c(NC(=O)CSc2cn(Cc3ccc([N+](=O)[O-])cc3)c3ccccc23)c1. The zero-order valence-corrected chi connectivity index (χ0v) is 18.7. The highest BCUT2D eigenvalue weighted by Crippen LogP contribution is 2.31. The molecule has 0 aliphatic carbocycles. The molecule has 162 valence electrons. The molecule has 0 saturated heterocycles. The first-order valence-corrected chi connectivity index (χ1v) is 11.2. The van der Waals surface area contributed by atoms with Crippen LogP contribution in [0.3, 0.4) is 0 Å². The van der Waals surface area contributed by atoms with Gasteiger partial charge < -0.3 is 9.88 Å². The van der Waals surface area contributed by atoms with E-state index >= 15 is 0 Å². The standard InChI is InChI=1S/C25H23N3O3S/c1-17-7-8-18(2)22(13-17)26-25(29)16-32-24-15-27(23-6-4-3-5-21(23)24)14-19-9-11-20(12-10-19)28(30)31/h3-13,15H,14,16H2,1-2H3,(H,26,29). The first kappa shape index (κ1) is 21.6. The number of non-ortho nitro benzene ring substituents is 1. The molecule has 0 unspecified atom stereocenters. The third-order valence-electron chi connectivity index (χ3n) is 5.28. The summed E-state index contributed by atoms with van der Waals surface area (Å²) in [6.45, 7) is 4.57. The van der Waals surface area contributed by atoms with E-state index in [1.165, 1.54) is 23.9 Å². The summed E-state index contributed by atoms with van der Waals surface area (Å²) in [7, 11) is 0. The molecule has 4 rings (SSSR count). The Labute approximate surface area is 190 Å². The number of nitro groups is 1. The van der Waals surface area contributed by atoms with Crippen LogP contribution >= 0.6 is 11.8 Å². The number of fused-ring (bicyclic) bond motifs is 1. The molecule has 3 aromatic carbocycles. The van der Waals surface area contributed by atoms with Crippen LogP contribution < -0.4 is 5.32 Å². The normalized spacial score (nSPS) is 10.9. The first-order chi connectivity index (χ1) is 15.4. The molecule has 0 aliphatic rings. The average molecular weight is 446 g/mol. The van der Waals surface area contributed by atoms with Crippen molar-refractivity contribution in [3.8, 4) is 0 Å². The molecular weight excluding hydrogens is 422 g/mol. The van der Waals surface area contributed by atoms with Gasteiger partial charge in [-0.1, -0.05) is 42.5 Å². The van der Waals surface area contributed by atoms with Gasteiger partial charge in [0.15, 0.2) is 0 Å². The summed E-state index contributed by atoms with van der Waals surface area (Å²) in [5, 5.41) is 15.0. The van der Waals surface area contributed by atoms with E-state index in [2.05, 4.69) is 9.88 Å². The van der Waals surface area contributed by atoms with Gasteiger partial charge in [0.25, 0.3) is 5.69 Å². The monoisotopic (exact) mass is 445 g/mol. The molecule has 0 fully saturated rings. The summed E-state index contributed by atoms with van der Waals surface area (Å²) in [4.78, 5) is 24.1. The summed E-state index contributed by atoms with van der Waals surface area (Å²) >= 11 is 1.50. The predicted octanol–water partition coefficient (Wildman–Crippen LogP) is 5.95. The van der Waals surface area contributed by atoms with Gasteiger partial charge in [0.05, 0.1) is 10.7 Å². The fourth-order valence-corrected chi connectivity index (χ4v) is 4.47. The second-order valence-corrected chi connectivity index (χ2v) is 8.73. The van der Waals surface area contributed by atoms with E-state index in [0.29, 0.717) is 12.3 Å². The minimum absolute atomic E-state index is 0.0455. The topological polar surface area (TPSA) is 77.2 Å². The number of carbonyl (C=O) groups excluding carboxylic acids is 1. The molecule has 0 saturated carbocycles. The van der Waals surface area contributed by atoms with E-state index in [4.69, 9.17) is 0 Å². The molecule has 6 nitrogen and oxygen atoms in total. The minimum atomic E-state index is -0.396. The van der Waals surface area contributed by atoms with Crippen LogP contribution in [0.2, 0.25) is 0 Å². The molecule has 7 heteroatoms. The lowest BCUT2D eigenvalue weighted by atomic mass is 10.1. The number of aryl methyl sites for hydroxylation is 2. The van der Waals surface area contributed by atoms with E-state index in [1.807, 2.05) is 62.5 Å². The van der Waals surface area contributed by atoms with E-state index in [1.54, 1.807) is 12.1 Å². The molecule has 1 heterocycles. The van der Waals surface area contributed by atoms with Crippen LogP contribution in [0.1, 0.15) is 16.7 Å². The molecule has 32 heavy (non-hydrogen) atoms. The number of carbonyl (C=O) groups is 1. The van der Waals surface area contributed by atoms with Gasteiger partial charge in [0, 0.05) is 46.4 Å². The second-order valence-electron chi connectivity index (χ2n) is 7.72. The Bertz CT molecular complexity index is 1300. The molecule has 0 bridgehead atoms. The Hall–Kier alpha value is -3.58. The summed E-state index contributed by atoms with van der Waals surface area (Å²) < 4.78 is 2.11. The molecule has 1 amide bonds. The summed E-state index contributed by atoms with van der Waals surface area (Å²) in [5.74, 6) is 0.259. The highest BCUT2D eigenvalue weighted by atomic mass is 32.2. The van der Waals surface area contributed by atoms with Gasteiger partial charge in [0.1, 0.15) is 0 Å².